The first kappa shape index (κ1) is 18.9. The maximum absolute atomic E-state index is 12.5. The molecule has 3 rings (SSSR count). The molecule has 0 bridgehead atoms. The molecule has 0 unspecified atom stereocenters. The van der Waals surface area contributed by atoms with Crippen LogP contribution < -0.4 is 5.32 Å². The molecule has 1 aromatic heterocycles. The average molecular weight is 382 g/mol. The van der Waals surface area contributed by atoms with Crippen LogP contribution in [0.2, 0.25) is 0 Å². The van der Waals surface area contributed by atoms with Crippen molar-refractivity contribution in [2.24, 2.45) is 0 Å². The normalized spacial score (nSPS) is 11.4. The predicted molar refractivity (Wildman–Crippen MR) is 108 cm³/mol. The van der Waals surface area contributed by atoms with E-state index in [1.807, 2.05) is 48.7 Å². The molecular weight excluding hydrogens is 360 g/mol. The van der Waals surface area contributed by atoms with Gasteiger partial charge < -0.3 is 9.88 Å². The molecule has 0 fully saturated rings. The number of benzene rings is 2. The lowest BCUT2D eigenvalue weighted by Gasteiger charge is -2.15. The van der Waals surface area contributed by atoms with Crippen LogP contribution in [0.4, 0.5) is 11.5 Å². The van der Waals surface area contributed by atoms with E-state index in [-0.39, 0.29) is 0 Å². The Labute approximate surface area is 159 Å². The van der Waals surface area contributed by atoms with Gasteiger partial charge in [-0.1, -0.05) is 30.3 Å². The lowest BCUT2D eigenvalue weighted by Crippen LogP contribution is -2.08. The van der Waals surface area contributed by atoms with E-state index >= 15 is 0 Å². The van der Waals surface area contributed by atoms with Gasteiger partial charge in [0.05, 0.1) is 0 Å². The van der Waals surface area contributed by atoms with Crippen LogP contribution in [0.3, 0.4) is 0 Å². The molecule has 0 atom stereocenters. The minimum atomic E-state index is -3.43. The molecule has 0 saturated heterocycles. The topological polar surface area (TPSA) is 68.2 Å². The number of sulfone groups is 1. The molecule has 2 aromatic carbocycles. The lowest BCUT2D eigenvalue weighted by molar-refractivity contribution is 0.112. The standard InChI is InChI=1S/C21H22N2O3S/c1-15-16(2)23(13-17-7-5-4-6-8-17)21(20(15)27(3,25)26)22-19-11-9-18(14-24)10-12-19/h4-12,14,22H,13H2,1-3H3. The summed E-state index contributed by atoms with van der Waals surface area (Å²) in [6.45, 7) is 4.30. The Morgan fingerprint density at radius 2 is 1.63 bits per heavy atom. The van der Waals surface area contributed by atoms with Gasteiger partial charge in [0.25, 0.3) is 0 Å². The van der Waals surface area contributed by atoms with E-state index in [2.05, 4.69) is 5.32 Å². The second-order valence-corrected chi connectivity index (χ2v) is 8.55. The fraction of sp³-hybridized carbons (Fsp3) is 0.190. The van der Waals surface area contributed by atoms with Gasteiger partial charge in [0.15, 0.2) is 9.84 Å². The van der Waals surface area contributed by atoms with Crippen LogP contribution in [0, 0.1) is 13.8 Å². The SMILES string of the molecule is Cc1c(S(C)(=O)=O)c(Nc2ccc(C=O)cc2)n(Cc2ccccc2)c1C. The highest BCUT2D eigenvalue weighted by atomic mass is 32.2. The minimum absolute atomic E-state index is 0.301. The van der Waals surface area contributed by atoms with Crippen molar-refractivity contribution < 1.29 is 13.2 Å². The Bertz CT molecular complexity index is 1070. The zero-order valence-electron chi connectivity index (χ0n) is 15.6. The summed E-state index contributed by atoms with van der Waals surface area (Å²) in [6.07, 6.45) is 2.00. The molecule has 140 valence electrons. The summed E-state index contributed by atoms with van der Waals surface area (Å²) in [5.41, 5.74) is 4.00. The minimum Gasteiger partial charge on any atom is -0.341 e. The van der Waals surface area contributed by atoms with E-state index in [1.54, 1.807) is 24.3 Å². The van der Waals surface area contributed by atoms with Gasteiger partial charge in [-0.25, -0.2) is 8.42 Å². The van der Waals surface area contributed by atoms with E-state index in [9.17, 15) is 13.2 Å². The quantitative estimate of drug-likeness (QED) is 0.652. The maximum Gasteiger partial charge on any atom is 0.179 e. The number of aromatic nitrogens is 1. The number of carbonyl (C=O) groups is 1. The highest BCUT2D eigenvalue weighted by Crippen LogP contribution is 2.34. The third-order valence-electron chi connectivity index (χ3n) is 4.64. The van der Waals surface area contributed by atoms with Crippen molar-refractivity contribution in [1.29, 1.82) is 0 Å². The van der Waals surface area contributed by atoms with Crippen molar-refractivity contribution in [2.75, 3.05) is 11.6 Å². The van der Waals surface area contributed by atoms with Crippen LogP contribution in [0.5, 0.6) is 0 Å². The molecule has 5 nitrogen and oxygen atoms in total. The number of carbonyl (C=O) groups excluding carboxylic acids is 1. The number of nitrogens with one attached hydrogen (secondary N) is 1. The van der Waals surface area contributed by atoms with Gasteiger partial charge in [0, 0.05) is 29.7 Å². The molecule has 0 saturated carbocycles. The summed E-state index contributed by atoms with van der Waals surface area (Å²) >= 11 is 0. The molecule has 0 radical (unpaired) electrons. The molecule has 1 heterocycles. The van der Waals surface area contributed by atoms with E-state index in [0.717, 1.165) is 28.8 Å². The number of hydrogen-bond donors (Lipinski definition) is 1. The number of nitrogens with zero attached hydrogens (tertiary/aromatic N) is 1. The lowest BCUT2D eigenvalue weighted by atomic mass is 10.2. The second kappa shape index (κ2) is 7.40. The van der Waals surface area contributed by atoms with Crippen LogP contribution in [0.15, 0.2) is 59.5 Å². The zero-order valence-corrected chi connectivity index (χ0v) is 16.4. The van der Waals surface area contributed by atoms with Crippen LogP contribution >= 0.6 is 0 Å². The smallest absolute Gasteiger partial charge is 0.179 e. The van der Waals surface area contributed by atoms with Crippen molar-refractivity contribution in [3.8, 4) is 0 Å². The molecule has 0 amide bonds. The van der Waals surface area contributed by atoms with Crippen LogP contribution in [0.25, 0.3) is 0 Å². The Balaban J connectivity index is 2.13. The molecule has 0 aliphatic rings. The first-order valence-corrected chi connectivity index (χ1v) is 10.5. The summed E-state index contributed by atoms with van der Waals surface area (Å²) in [5, 5.41) is 3.25. The van der Waals surface area contributed by atoms with Crippen LogP contribution in [-0.4, -0.2) is 25.5 Å². The Kier molecular flexibility index (Phi) is 5.19. The van der Waals surface area contributed by atoms with Gasteiger partial charge in [-0.3, -0.25) is 4.79 Å². The highest BCUT2D eigenvalue weighted by Gasteiger charge is 2.25. The first-order chi connectivity index (χ1) is 12.8. The fourth-order valence-corrected chi connectivity index (χ4v) is 4.37. The summed E-state index contributed by atoms with van der Waals surface area (Å²) in [6, 6.07) is 16.8. The highest BCUT2D eigenvalue weighted by molar-refractivity contribution is 7.91. The first-order valence-electron chi connectivity index (χ1n) is 8.57. The van der Waals surface area contributed by atoms with Crippen molar-refractivity contribution >= 4 is 27.6 Å². The fourth-order valence-electron chi connectivity index (χ4n) is 3.16. The van der Waals surface area contributed by atoms with Crippen molar-refractivity contribution in [3.63, 3.8) is 0 Å². The third kappa shape index (κ3) is 3.95. The number of rotatable bonds is 6. The van der Waals surface area contributed by atoms with Gasteiger partial charge in [-0.15, -0.1) is 0 Å². The molecule has 27 heavy (non-hydrogen) atoms. The van der Waals surface area contributed by atoms with Gasteiger partial charge in [0.2, 0.25) is 0 Å². The number of hydrogen-bond acceptors (Lipinski definition) is 4. The summed E-state index contributed by atoms with van der Waals surface area (Å²) in [5.74, 6) is 0.537. The zero-order chi connectivity index (χ0) is 19.6. The largest absolute Gasteiger partial charge is 0.341 e. The molecule has 1 N–H and O–H groups in total. The van der Waals surface area contributed by atoms with Gasteiger partial charge in [0.1, 0.15) is 17.0 Å². The van der Waals surface area contributed by atoms with Crippen molar-refractivity contribution in [1.82, 2.24) is 4.57 Å². The Hall–Kier alpha value is -2.86. The summed E-state index contributed by atoms with van der Waals surface area (Å²) < 4.78 is 26.9. The summed E-state index contributed by atoms with van der Waals surface area (Å²) in [4.78, 5) is 11.2. The molecule has 0 aliphatic heterocycles. The Morgan fingerprint density at radius 3 is 2.19 bits per heavy atom. The maximum atomic E-state index is 12.5. The van der Waals surface area contributed by atoms with E-state index < -0.39 is 9.84 Å². The average Bonchev–Trinajstić information content (AvgIpc) is 2.87. The monoisotopic (exact) mass is 382 g/mol. The van der Waals surface area contributed by atoms with Crippen LogP contribution in [0.1, 0.15) is 27.2 Å². The molecule has 0 spiro atoms. The molecule has 6 heteroatoms. The van der Waals surface area contributed by atoms with Gasteiger partial charge >= 0.3 is 0 Å². The molecule has 3 aromatic rings. The molecular formula is C21H22N2O3S. The van der Waals surface area contributed by atoms with E-state index in [4.69, 9.17) is 0 Å². The Morgan fingerprint density at radius 1 is 1.00 bits per heavy atom. The van der Waals surface area contributed by atoms with Gasteiger partial charge in [-0.2, -0.15) is 0 Å². The molecule has 0 aliphatic carbocycles. The third-order valence-corrected chi connectivity index (χ3v) is 5.88. The van der Waals surface area contributed by atoms with E-state index in [1.165, 1.54) is 6.26 Å². The van der Waals surface area contributed by atoms with Gasteiger partial charge in [-0.05, 0) is 49.2 Å². The van der Waals surface area contributed by atoms with Crippen molar-refractivity contribution in [2.45, 2.75) is 25.3 Å². The summed E-state index contributed by atoms with van der Waals surface area (Å²) in [7, 11) is -3.43. The number of aldehydes is 1. The number of anilines is 2. The predicted octanol–water partition coefficient (Wildman–Crippen LogP) is 4.11. The second-order valence-electron chi connectivity index (χ2n) is 6.60. The van der Waals surface area contributed by atoms with Crippen LogP contribution in [-0.2, 0) is 16.4 Å². The van der Waals surface area contributed by atoms with E-state index in [0.29, 0.717) is 22.8 Å². The van der Waals surface area contributed by atoms with Crippen molar-refractivity contribution in [3.05, 3.63) is 77.0 Å².